The third kappa shape index (κ3) is 24.8. The van der Waals surface area contributed by atoms with Crippen LogP contribution in [-0.4, -0.2) is 149 Å². The summed E-state index contributed by atoms with van der Waals surface area (Å²) in [5.74, 6) is -11.0. The molecule has 2 aromatic rings. The zero-order valence-corrected chi connectivity index (χ0v) is 42.4. The van der Waals surface area contributed by atoms with E-state index in [-0.39, 0.29) is 75.5 Å². The fraction of sp³-hybridized carbons (Fsp3) is 0.511. The van der Waals surface area contributed by atoms with Gasteiger partial charge in [0.25, 0.3) is 0 Å². The fourth-order valence-electron chi connectivity index (χ4n) is 7.23. The minimum atomic E-state index is -1.86. The summed E-state index contributed by atoms with van der Waals surface area (Å²) in [4.78, 5) is 137. The molecule has 0 aliphatic rings. The van der Waals surface area contributed by atoms with Crippen molar-refractivity contribution in [3.8, 4) is 5.75 Å². The Morgan fingerprint density at radius 3 is 1.32 bits per heavy atom. The summed E-state index contributed by atoms with van der Waals surface area (Å²) in [6.07, 6.45) is -0.0928. The number of amides is 9. The predicted octanol–water partition coefficient (Wildman–Crippen LogP) is -5.02. The Balaban J connectivity index is 2.50. The number of nitrogens with two attached hydrogens (primary N) is 7. The summed E-state index contributed by atoms with van der Waals surface area (Å²) in [5, 5.41) is 36.6. The van der Waals surface area contributed by atoms with Gasteiger partial charge in [0.1, 0.15) is 48.0 Å². The highest BCUT2D eigenvalue weighted by atomic mass is 32.1. The van der Waals surface area contributed by atoms with Gasteiger partial charge in [0.2, 0.25) is 53.2 Å². The summed E-state index contributed by atoms with van der Waals surface area (Å²) in [6, 6.07) is 2.04. The van der Waals surface area contributed by atoms with Gasteiger partial charge in [0.15, 0.2) is 5.96 Å². The van der Waals surface area contributed by atoms with E-state index in [1.165, 1.54) is 24.3 Å². The second-order valence-corrected chi connectivity index (χ2v) is 17.8. The van der Waals surface area contributed by atoms with Crippen molar-refractivity contribution in [2.24, 2.45) is 45.1 Å². The van der Waals surface area contributed by atoms with Gasteiger partial charge in [0.05, 0.1) is 18.9 Å². The summed E-state index contributed by atoms with van der Waals surface area (Å²) >= 11 is 4.00. The van der Waals surface area contributed by atoms with Gasteiger partial charge in [0, 0.05) is 25.1 Å². The van der Waals surface area contributed by atoms with Crippen LogP contribution in [0.4, 0.5) is 0 Å². The van der Waals surface area contributed by atoms with Crippen LogP contribution in [0.3, 0.4) is 0 Å². The molecule has 0 unspecified atom stereocenters. The van der Waals surface area contributed by atoms with Crippen molar-refractivity contribution in [3.63, 3.8) is 0 Å². The zero-order chi connectivity index (χ0) is 56.0. The number of guanidine groups is 1. The molecule has 75 heavy (non-hydrogen) atoms. The number of primary amides is 2. The molecule has 0 radical (unpaired) electrons. The largest absolute Gasteiger partial charge is 0.508 e. The smallest absolute Gasteiger partial charge is 0.327 e. The standard InChI is InChI=1S/C47H73N15O12S/c48-18-6-4-11-29(50)39(66)56-31(13-8-20-55-47(53)54)41(68)60-34(23-37(51)64)45(72)61-35(24-38(52)65)44(71)59-32(21-26-9-2-1-3-10-26)42(69)57-30(12-5-7-19-49)40(67)58-33(22-27-14-16-28(63)17-15-27)43(70)62-36(25-75)46(73)74/h1-3,9-10,14-17,29-36,63,75H,4-8,11-13,18-25,48-50H2,(H2,51,64)(H2,52,65)(H,56,66)(H,57,69)(H,58,67)(H,59,71)(H,60,68)(H,61,72)(H,62,70)(H,73,74)(H4,53,54,55)/t29-,30-,31-,32-,33-,34+,35+,36+/m1/s1. The number of benzene rings is 2. The molecule has 0 spiro atoms. The van der Waals surface area contributed by atoms with E-state index in [0.717, 1.165) is 0 Å². The van der Waals surface area contributed by atoms with Crippen LogP contribution in [0.2, 0.25) is 0 Å². The monoisotopic (exact) mass is 1070 g/mol. The number of aliphatic carboxylic acids is 1. The van der Waals surface area contributed by atoms with E-state index in [1.807, 2.05) is 0 Å². The number of phenolic OH excluding ortho intramolecular Hbond substituents is 1. The number of aliphatic imine (C=N–C) groups is 1. The lowest BCUT2D eigenvalue weighted by Gasteiger charge is -2.28. The van der Waals surface area contributed by atoms with Crippen LogP contribution in [-0.2, 0) is 60.8 Å². The molecular weight excluding hydrogens is 999 g/mol. The van der Waals surface area contributed by atoms with E-state index in [4.69, 9.17) is 40.1 Å². The molecule has 0 heterocycles. The number of phenols is 1. The van der Waals surface area contributed by atoms with Crippen LogP contribution in [0.25, 0.3) is 0 Å². The Hall–Kier alpha value is -7.56. The molecule has 9 amide bonds. The van der Waals surface area contributed by atoms with E-state index >= 15 is 0 Å². The molecule has 0 aliphatic heterocycles. The Bertz CT molecular complexity index is 2260. The van der Waals surface area contributed by atoms with Crippen LogP contribution in [0.1, 0.15) is 75.3 Å². The highest BCUT2D eigenvalue weighted by Crippen LogP contribution is 2.14. The molecule has 8 atom stereocenters. The zero-order valence-electron chi connectivity index (χ0n) is 41.5. The van der Waals surface area contributed by atoms with Gasteiger partial charge < -0.3 is 87.6 Å². The van der Waals surface area contributed by atoms with E-state index < -0.39 is 120 Å². The number of carbonyl (C=O) groups excluding carboxylic acids is 9. The second-order valence-electron chi connectivity index (χ2n) is 17.5. The molecule has 28 heteroatoms. The number of thiol groups is 1. The number of hydrogen-bond acceptors (Lipinski definition) is 16. The first-order valence-electron chi connectivity index (χ1n) is 24.1. The molecule has 27 nitrogen and oxygen atoms in total. The normalized spacial score (nSPS) is 14.1. The predicted molar refractivity (Wildman–Crippen MR) is 278 cm³/mol. The van der Waals surface area contributed by atoms with E-state index in [2.05, 4.69) is 54.8 Å². The topological polar surface area (TPSA) is 490 Å². The van der Waals surface area contributed by atoms with Crippen molar-refractivity contribution in [1.29, 1.82) is 0 Å². The minimum absolute atomic E-state index is 0.0415. The number of carboxylic acids is 1. The summed E-state index contributed by atoms with van der Waals surface area (Å²) in [6.45, 7) is 0.615. The van der Waals surface area contributed by atoms with Crippen molar-refractivity contribution < 1.29 is 58.2 Å². The van der Waals surface area contributed by atoms with Gasteiger partial charge in [-0.05, 0) is 81.3 Å². The molecule has 0 saturated carbocycles. The maximum absolute atomic E-state index is 14.4. The maximum atomic E-state index is 14.4. The van der Waals surface area contributed by atoms with E-state index in [0.29, 0.717) is 36.9 Å². The number of carboxylic acid groups (broad SMARTS) is 1. The molecule has 0 fully saturated rings. The summed E-state index contributed by atoms with van der Waals surface area (Å²) < 4.78 is 0. The number of nitrogens with one attached hydrogen (secondary N) is 7. The van der Waals surface area contributed by atoms with E-state index in [1.54, 1.807) is 30.3 Å². The van der Waals surface area contributed by atoms with Gasteiger partial charge in [-0.25, -0.2) is 4.79 Å². The molecule has 0 aromatic heterocycles. The third-order valence-electron chi connectivity index (χ3n) is 11.3. The van der Waals surface area contributed by atoms with Crippen LogP contribution in [0.5, 0.6) is 5.75 Å². The van der Waals surface area contributed by atoms with Gasteiger partial charge in [-0.3, -0.25) is 48.1 Å². The quantitative estimate of drug-likeness (QED) is 0.0131. The lowest BCUT2D eigenvalue weighted by Crippen LogP contribution is -2.61. The van der Waals surface area contributed by atoms with Gasteiger partial charge in [-0.15, -0.1) is 0 Å². The molecular formula is C47H73N15O12S. The maximum Gasteiger partial charge on any atom is 0.327 e. The first kappa shape index (κ1) is 63.6. The molecule has 2 rings (SSSR count). The van der Waals surface area contributed by atoms with Crippen molar-refractivity contribution in [2.75, 3.05) is 25.4 Å². The molecule has 23 N–H and O–H groups in total. The highest BCUT2D eigenvalue weighted by molar-refractivity contribution is 7.80. The SMILES string of the molecule is NCCCC[C@@H](N)C(=O)N[C@H](CCCN=C(N)N)C(=O)N[C@@H](CC(N)=O)C(=O)N[C@@H](CC(N)=O)C(=O)N[C@H](Cc1ccccc1)C(=O)N[C@H](CCCCN)C(=O)N[C@H](Cc1ccc(O)cc1)C(=O)N[C@@H](CS)C(=O)O. The first-order valence-corrected chi connectivity index (χ1v) is 24.8. The van der Waals surface area contributed by atoms with Crippen molar-refractivity contribution in [1.82, 2.24) is 37.2 Å². The average molecular weight is 1070 g/mol. The number of nitrogens with zero attached hydrogens (tertiary/aromatic N) is 1. The Kier molecular flexibility index (Phi) is 28.8. The van der Waals surface area contributed by atoms with Crippen molar-refractivity contribution >= 4 is 77.7 Å². The third-order valence-corrected chi connectivity index (χ3v) is 11.6. The molecule has 2 aromatic carbocycles. The summed E-state index contributed by atoms with van der Waals surface area (Å²) in [7, 11) is 0. The number of unbranched alkanes of at least 4 members (excludes halogenated alkanes) is 2. The lowest BCUT2D eigenvalue weighted by atomic mass is 10.0. The van der Waals surface area contributed by atoms with Crippen LogP contribution in [0.15, 0.2) is 59.6 Å². The van der Waals surface area contributed by atoms with Gasteiger partial charge >= 0.3 is 5.97 Å². The van der Waals surface area contributed by atoms with Crippen molar-refractivity contribution in [3.05, 3.63) is 65.7 Å². The van der Waals surface area contributed by atoms with E-state index in [9.17, 15) is 58.2 Å². The minimum Gasteiger partial charge on any atom is -0.508 e. The molecule has 0 aliphatic carbocycles. The van der Waals surface area contributed by atoms with Crippen LogP contribution in [0, 0.1) is 0 Å². The highest BCUT2D eigenvalue weighted by Gasteiger charge is 2.35. The number of aromatic hydroxyl groups is 1. The van der Waals surface area contributed by atoms with Gasteiger partial charge in [-0.2, -0.15) is 12.6 Å². The Morgan fingerprint density at radius 2 is 0.880 bits per heavy atom. The number of carbonyl (C=O) groups is 10. The fourth-order valence-corrected chi connectivity index (χ4v) is 7.48. The average Bonchev–Trinajstić information content (AvgIpc) is 3.35. The van der Waals surface area contributed by atoms with Crippen LogP contribution < -0.4 is 77.4 Å². The second kappa shape index (κ2) is 34.0. The van der Waals surface area contributed by atoms with Crippen LogP contribution >= 0.6 is 12.6 Å². The molecule has 414 valence electrons. The van der Waals surface area contributed by atoms with Crippen molar-refractivity contribution in [2.45, 2.75) is 125 Å². The summed E-state index contributed by atoms with van der Waals surface area (Å²) in [5.41, 5.74) is 40.1. The number of hydrogen-bond donors (Lipinski definition) is 17. The first-order chi connectivity index (χ1) is 35.6. The Labute approximate surface area is 439 Å². The van der Waals surface area contributed by atoms with Gasteiger partial charge in [-0.1, -0.05) is 48.9 Å². The molecule has 0 saturated heterocycles. The lowest BCUT2D eigenvalue weighted by molar-refractivity contribution is -0.141. The number of rotatable bonds is 36. The molecule has 0 bridgehead atoms. The Morgan fingerprint density at radius 1 is 0.493 bits per heavy atom.